The van der Waals surface area contributed by atoms with Crippen molar-refractivity contribution in [2.24, 2.45) is 10.8 Å². The van der Waals surface area contributed by atoms with Crippen LogP contribution in [-0.2, 0) is 21.1 Å². The molecule has 1 saturated heterocycles. The molecule has 220 valence electrons. The van der Waals surface area contributed by atoms with Gasteiger partial charge in [-0.3, -0.25) is 9.69 Å². The Labute approximate surface area is 244 Å². The number of carbonyl (C=O) groups is 1. The zero-order chi connectivity index (χ0) is 28.6. The highest BCUT2D eigenvalue weighted by Crippen LogP contribution is 2.55. The van der Waals surface area contributed by atoms with E-state index in [4.69, 9.17) is 4.98 Å². The number of aryl methyl sites for hydroxylation is 1. The standard InChI is InChI=1S/C32H43N5O3S/c1-21(2)36-14-12-31(13-15-36)18-26(19-31)41(39,40)25-8-9-27(22(3)16-25)34-30-33-20-23-17-32(10-11-32)29(38)37(28(23)35-30)24-6-4-5-7-24/h8-9,16,20-21,24,26H,4-7,10-15,17-19H2,1-3H3,(H,33,34,35). The average molecular weight is 578 g/mol. The van der Waals surface area contributed by atoms with Crippen LogP contribution in [0.2, 0.25) is 0 Å². The van der Waals surface area contributed by atoms with Gasteiger partial charge in [0.1, 0.15) is 5.82 Å². The molecule has 4 fully saturated rings. The van der Waals surface area contributed by atoms with E-state index in [0.717, 1.165) is 106 Å². The molecule has 1 N–H and O–H groups in total. The van der Waals surface area contributed by atoms with Crippen LogP contribution in [0.3, 0.4) is 0 Å². The lowest BCUT2D eigenvalue weighted by atomic mass is 9.63. The van der Waals surface area contributed by atoms with Crippen LogP contribution in [0.4, 0.5) is 17.5 Å². The summed E-state index contributed by atoms with van der Waals surface area (Å²) in [5.41, 5.74) is 2.66. The number of carbonyl (C=O) groups excluding carboxylic acids is 1. The first-order valence-electron chi connectivity index (χ1n) is 15.6. The van der Waals surface area contributed by atoms with Gasteiger partial charge in [0.2, 0.25) is 11.9 Å². The Hall–Kier alpha value is -2.52. The van der Waals surface area contributed by atoms with Gasteiger partial charge in [-0.05, 0) is 121 Å². The molecule has 9 heteroatoms. The maximum absolute atomic E-state index is 13.6. The van der Waals surface area contributed by atoms with Crippen LogP contribution < -0.4 is 10.2 Å². The van der Waals surface area contributed by atoms with Crippen LogP contribution in [0.1, 0.15) is 89.2 Å². The molecular weight excluding hydrogens is 534 g/mol. The van der Waals surface area contributed by atoms with Crippen molar-refractivity contribution in [1.29, 1.82) is 0 Å². The molecule has 2 spiro atoms. The van der Waals surface area contributed by atoms with Crippen molar-refractivity contribution < 1.29 is 13.2 Å². The smallest absolute Gasteiger partial charge is 0.234 e. The van der Waals surface area contributed by atoms with Gasteiger partial charge in [0, 0.05) is 29.5 Å². The molecule has 8 nitrogen and oxygen atoms in total. The molecule has 2 aliphatic heterocycles. The van der Waals surface area contributed by atoms with E-state index in [1.807, 2.05) is 24.1 Å². The van der Waals surface area contributed by atoms with Gasteiger partial charge >= 0.3 is 0 Å². The van der Waals surface area contributed by atoms with Gasteiger partial charge in [0.05, 0.1) is 15.6 Å². The third-order valence-electron chi connectivity index (χ3n) is 10.9. The summed E-state index contributed by atoms with van der Waals surface area (Å²) in [6.07, 6.45) is 12.7. The SMILES string of the molecule is Cc1cc(S(=O)(=O)C2CC3(CCN(C(C)C)CC3)C2)ccc1Nc1ncc2c(n1)N(C1CCCC1)C(=O)C1(CC1)C2. The summed E-state index contributed by atoms with van der Waals surface area (Å²) in [4.78, 5) is 27.9. The second kappa shape index (κ2) is 9.76. The van der Waals surface area contributed by atoms with E-state index in [2.05, 4.69) is 29.0 Å². The number of amides is 1. The molecule has 0 unspecified atom stereocenters. The summed E-state index contributed by atoms with van der Waals surface area (Å²) in [6.45, 7) is 8.54. The molecule has 41 heavy (non-hydrogen) atoms. The fourth-order valence-electron chi connectivity index (χ4n) is 7.94. The minimum absolute atomic E-state index is 0.205. The molecule has 1 aromatic carbocycles. The van der Waals surface area contributed by atoms with Gasteiger partial charge in [-0.1, -0.05) is 12.8 Å². The lowest BCUT2D eigenvalue weighted by molar-refractivity contribution is -0.124. The number of hydrogen-bond donors (Lipinski definition) is 1. The average Bonchev–Trinajstić information content (AvgIpc) is 3.50. The molecule has 1 amide bonds. The summed E-state index contributed by atoms with van der Waals surface area (Å²) in [6, 6.07) is 6.12. The summed E-state index contributed by atoms with van der Waals surface area (Å²) >= 11 is 0. The molecule has 3 saturated carbocycles. The number of nitrogens with zero attached hydrogens (tertiary/aromatic N) is 4. The quantitative estimate of drug-likeness (QED) is 0.480. The molecule has 0 bridgehead atoms. The Balaban J connectivity index is 1.07. The van der Waals surface area contributed by atoms with E-state index in [-0.39, 0.29) is 28.0 Å². The lowest BCUT2D eigenvalue weighted by Crippen LogP contribution is -2.52. The Morgan fingerprint density at radius 1 is 1.05 bits per heavy atom. The summed E-state index contributed by atoms with van der Waals surface area (Å²) in [5.74, 6) is 1.45. The van der Waals surface area contributed by atoms with Crippen LogP contribution in [0.25, 0.3) is 0 Å². The van der Waals surface area contributed by atoms with E-state index >= 15 is 0 Å². The normalized spacial score (nSPS) is 24.2. The number of sulfone groups is 1. The fourth-order valence-corrected chi connectivity index (χ4v) is 10.1. The highest BCUT2D eigenvalue weighted by atomic mass is 32.2. The topological polar surface area (TPSA) is 95.5 Å². The van der Waals surface area contributed by atoms with Crippen LogP contribution in [0.15, 0.2) is 29.3 Å². The number of aromatic nitrogens is 2. The number of nitrogens with one attached hydrogen (secondary N) is 1. The summed E-state index contributed by atoms with van der Waals surface area (Å²) in [5, 5.41) is 3.03. The molecule has 1 aromatic heterocycles. The Bertz CT molecular complexity index is 1460. The zero-order valence-electron chi connectivity index (χ0n) is 24.7. The molecular formula is C32H43N5O3S. The van der Waals surface area contributed by atoms with Gasteiger partial charge in [0.25, 0.3) is 0 Å². The van der Waals surface area contributed by atoms with Crippen LogP contribution >= 0.6 is 0 Å². The molecule has 7 rings (SSSR count). The van der Waals surface area contributed by atoms with Gasteiger partial charge in [-0.25, -0.2) is 13.4 Å². The van der Waals surface area contributed by atoms with E-state index in [1.165, 1.54) is 0 Å². The molecule has 0 atom stereocenters. The third-order valence-corrected chi connectivity index (χ3v) is 13.1. The zero-order valence-corrected chi connectivity index (χ0v) is 25.5. The first-order valence-corrected chi connectivity index (χ1v) is 17.2. The van der Waals surface area contributed by atoms with Gasteiger partial charge in [-0.2, -0.15) is 4.98 Å². The highest BCUT2D eigenvalue weighted by Gasteiger charge is 2.56. The minimum Gasteiger partial charge on any atom is -0.324 e. The second-order valence-corrected chi connectivity index (χ2v) is 16.1. The van der Waals surface area contributed by atoms with Gasteiger partial charge < -0.3 is 10.2 Å². The van der Waals surface area contributed by atoms with E-state index in [9.17, 15) is 13.2 Å². The van der Waals surface area contributed by atoms with Crippen molar-refractivity contribution in [3.05, 3.63) is 35.5 Å². The first-order chi connectivity index (χ1) is 19.6. The van der Waals surface area contributed by atoms with Crippen molar-refractivity contribution in [1.82, 2.24) is 14.9 Å². The van der Waals surface area contributed by atoms with E-state index in [1.54, 1.807) is 12.1 Å². The van der Waals surface area contributed by atoms with Crippen molar-refractivity contribution in [3.63, 3.8) is 0 Å². The van der Waals surface area contributed by atoms with Crippen LogP contribution in [0.5, 0.6) is 0 Å². The van der Waals surface area contributed by atoms with Gasteiger partial charge in [-0.15, -0.1) is 0 Å². The highest BCUT2D eigenvalue weighted by molar-refractivity contribution is 7.92. The lowest BCUT2D eigenvalue weighted by Gasteiger charge is -2.52. The van der Waals surface area contributed by atoms with Crippen molar-refractivity contribution >= 4 is 33.2 Å². The molecule has 3 aliphatic carbocycles. The van der Waals surface area contributed by atoms with E-state index < -0.39 is 9.84 Å². The van der Waals surface area contributed by atoms with Crippen molar-refractivity contribution in [2.75, 3.05) is 23.3 Å². The number of fused-ring (bicyclic) bond motifs is 1. The van der Waals surface area contributed by atoms with Crippen molar-refractivity contribution in [2.45, 2.75) is 114 Å². The van der Waals surface area contributed by atoms with Crippen molar-refractivity contribution in [3.8, 4) is 0 Å². The number of benzene rings is 1. The predicted molar refractivity (Wildman–Crippen MR) is 160 cm³/mol. The maximum Gasteiger partial charge on any atom is 0.234 e. The van der Waals surface area contributed by atoms with E-state index in [0.29, 0.717) is 16.9 Å². The number of hydrogen-bond acceptors (Lipinski definition) is 7. The summed E-state index contributed by atoms with van der Waals surface area (Å²) < 4.78 is 27.1. The Kier molecular flexibility index (Phi) is 6.51. The Morgan fingerprint density at radius 2 is 1.76 bits per heavy atom. The summed E-state index contributed by atoms with van der Waals surface area (Å²) in [7, 11) is -3.38. The number of likely N-dealkylation sites (tertiary alicyclic amines) is 1. The fraction of sp³-hybridized carbons (Fsp3) is 0.656. The number of rotatable bonds is 6. The van der Waals surface area contributed by atoms with Crippen LogP contribution in [0, 0.1) is 17.8 Å². The maximum atomic E-state index is 13.6. The number of piperidine rings is 1. The largest absolute Gasteiger partial charge is 0.324 e. The van der Waals surface area contributed by atoms with Crippen LogP contribution in [-0.4, -0.2) is 59.6 Å². The molecule has 2 aromatic rings. The minimum atomic E-state index is -3.38. The Morgan fingerprint density at radius 3 is 2.39 bits per heavy atom. The number of anilines is 3. The predicted octanol–water partition coefficient (Wildman–Crippen LogP) is 5.57. The first kappa shape index (κ1) is 27.3. The second-order valence-electron chi connectivity index (χ2n) is 13.9. The molecule has 3 heterocycles. The monoisotopic (exact) mass is 577 g/mol. The molecule has 5 aliphatic rings. The van der Waals surface area contributed by atoms with Gasteiger partial charge in [0.15, 0.2) is 9.84 Å². The third kappa shape index (κ3) is 4.67. The molecule has 0 radical (unpaired) electrons.